The maximum atomic E-state index is 12.6. The van der Waals surface area contributed by atoms with Crippen LogP contribution in [0.2, 0.25) is 0 Å². The van der Waals surface area contributed by atoms with Crippen molar-refractivity contribution in [3.8, 4) is 11.3 Å². The number of carbonyl (C=O) groups excluding carboxylic acids is 1. The zero-order valence-corrected chi connectivity index (χ0v) is 18.2. The van der Waals surface area contributed by atoms with E-state index in [1.165, 1.54) is 11.1 Å². The van der Waals surface area contributed by atoms with Crippen LogP contribution in [0.3, 0.4) is 0 Å². The fraction of sp³-hybridized carbons (Fsp3) is 0.261. The van der Waals surface area contributed by atoms with Gasteiger partial charge in [-0.15, -0.1) is 0 Å². The zero-order chi connectivity index (χ0) is 20.1. The van der Waals surface area contributed by atoms with E-state index >= 15 is 0 Å². The van der Waals surface area contributed by atoms with Crippen molar-refractivity contribution in [3.05, 3.63) is 77.6 Å². The molecule has 1 aliphatic heterocycles. The summed E-state index contributed by atoms with van der Waals surface area (Å²) in [6.45, 7) is 4.40. The average Bonchev–Trinajstić information content (AvgIpc) is 3.26. The Hall–Kier alpha value is -2.16. The molecule has 2 aromatic carbocycles. The van der Waals surface area contributed by atoms with Crippen molar-refractivity contribution < 1.29 is 13.9 Å². The molecule has 1 fully saturated rings. The quantitative estimate of drug-likeness (QED) is 0.382. The molecule has 150 valence electrons. The Labute approximate surface area is 184 Å². The third kappa shape index (κ3) is 5.26. The van der Waals surface area contributed by atoms with E-state index in [0.717, 1.165) is 48.5 Å². The minimum Gasteiger partial charge on any atom is -0.451 e. The van der Waals surface area contributed by atoms with Gasteiger partial charge in [-0.2, -0.15) is 0 Å². The van der Waals surface area contributed by atoms with Gasteiger partial charge in [-0.1, -0.05) is 52.9 Å². The number of furan rings is 1. The molecule has 29 heavy (non-hydrogen) atoms. The number of alkyl halides is 1. The molecule has 0 bridgehead atoms. The lowest BCUT2D eigenvalue weighted by atomic mass is 10.1. The van der Waals surface area contributed by atoms with E-state index < -0.39 is 0 Å². The molecule has 0 radical (unpaired) electrons. The van der Waals surface area contributed by atoms with Gasteiger partial charge in [0.25, 0.3) is 5.91 Å². The zero-order valence-electron chi connectivity index (χ0n) is 16.1. The maximum Gasteiger partial charge on any atom is 0.291 e. The summed E-state index contributed by atoms with van der Waals surface area (Å²) in [6.07, 6.45) is 0. The molecule has 1 aromatic heterocycles. The molecule has 0 saturated carbocycles. The minimum atomic E-state index is -0.248. The summed E-state index contributed by atoms with van der Waals surface area (Å²) in [7, 11) is 0. The van der Waals surface area contributed by atoms with Crippen LogP contribution in [0, 0.1) is 0 Å². The molecule has 0 spiro atoms. The van der Waals surface area contributed by atoms with E-state index in [4.69, 9.17) is 9.15 Å². The van der Waals surface area contributed by atoms with E-state index in [2.05, 4.69) is 44.9 Å². The molecule has 4 rings (SSSR count). The number of morpholine rings is 1. The second kappa shape index (κ2) is 9.56. The Morgan fingerprint density at radius 1 is 1.00 bits per heavy atom. The second-order valence-electron chi connectivity index (χ2n) is 7.04. The predicted octanol–water partition coefficient (Wildman–Crippen LogP) is 4.97. The van der Waals surface area contributed by atoms with Crippen molar-refractivity contribution in [1.29, 1.82) is 0 Å². The summed E-state index contributed by atoms with van der Waals surface area (Å²) in [4.78, 5) is 14.9. The number of halogens is 1. The van der Waals surface area contributed by atoms with Gasteiger partial charge >= 0.3 is 0 Å². The summed E-state index contributed by atoms with van der Waals surface area (Å²) in [6, 6.07) is 19.7. The van der Waals surface area contributed by atoms with E-state index in [1.54, 1.807) is 6.07 Å². The number of amides is 1. The second-order valence-corrected chi connectivity index (χ2v) is 7.80. The van der Waals surface area contributed by atoms with E-state index in [0.29, 0.717) is 11.5 Å². The molecular formula is C23H23IN2O3. The highest BCUT2D eigenvalue weighted by Gasteiger charge is 2.14. The summed E-state index contributed by atoms with van der Waals surface area (Å²) in [5, 5.41) is 2.91. The normalized spacial score (nSPS) is 14.7. The smallest absolute Gasteiger partial charge is 0.291 e. The van der Waals surface area contributed by atoms with Crippen molar-refractivity contribution >= 4 is 34.2 Å². The molecule has 1 saturated heterocycles. The first kappa shape index (κ1) is 20.1. The Morgan fingerprint density at radius 2 is 1.79 bits per heavy atom. The van der Waals surface area contributed by atoms with Gasteiger partial charge in [0.05, 0.1) is 13.2 Å². The summed E-state index contributed by atoms with van der Waals surface area (Å²) < 4.78 is 12.1. The van der Waals surface area contributed by atoms with Crippen molar-refractivity contribution in [2.75, 3.05) is 31.6 Å². The lowest BCUT2D eigenvalue weighted by molar-refractivity contribution is 0.0342. The Balaban J connectivity index is 1.38. The number of ether oxygens (including phenoxy) is 1. The standard InChI is InChI=1S/C23H23IN2O3/c24-15-18-2-1-3-19(14-18)21-8-9-22(29-21)23(27)25-20-6-4-17(5-7-20)16-26-10-12-28-13-11-26/h1-9,14H,10-13,15-16H2,(H,25,27). The summed E-state index contributed by atoms with van der Waals surface area (Å²) in [5.74, 6) is 0.752. The van der Waals surface area contributed by atoms with Gasteiger partial charge in [0.15, 0.2) is 5.76 Å². The molecule has 1 N–H and O–H groups in total. The van der Waals surface area contributed by atoms with Crippen molar-refractivity contribution in [1.82, 2.24) is 4.90 Å². The highest BCUT2D eigenvalue weighted by molar-refractivity contribution is 14.1. The molecule has 3 aromatic rings. The highest BCUT2D eigenvalue weighted by atomic mass is 127. The minimum absolute atomic E-state index is 0.248. The van der Waals surface area contributed by atoms with Crippen LogP contribution in [0.1, 0.15) is 21.7 Å². The van der Waals surface area contributed by atoms with Crippen LogP contribution < -0.4 is 5.32 Å². The van der Waals surface area contributed by atoms with Gasteiger partial charge in [0.2, 0.25) is 0 Å². The lowest BCUT2D eigenvalue weighted by Gasteiger charge is -2.26. The topological polar surface area (TPSA) is 54.7 Å². The molecular weight excluding hydrogens is 479 g/mol. The molecule has 0 atom stereocenters. The number of benzene rings is 2. The third-order valence-corrected chi connectivity index (χ3v) is 5.80. The van der Waals surface area contributed by atoms with Gasteiger partial charge in [-0.05, 0) is 41.5 Å². The number of rotatable bonds is 6. The molecule has 6 heteroatoms. The number of carbonyl (C=O) groups is 1. The maximum absolute atomic E-state index is 12.6. The predicted molar refractivity (Wildman–Crippen MR) is 122 cm³/mol. The first-order chi connectivity index (χ1) is 14.2. The first-order valence-electron chi connectivity index (χ1n) is 9.67. The number of hydrogen-bond donors (Lipinski definition) is 1. The molecule has 2 heterocycles. The van der Waals surface area contributed by atoms with Gasteiger partial charge in [0.1, 0.15) is 5.76 Å². The first-order valence-corrected chi connectivity index (χ1v) is 11.2. The highest BCUT2D eigenvalue weighted by Crippen LogP contribution is 2.24. The lowest BCUT2D eigenvalue weighted by Crippen LogP contribution is -2.35. The van der Waals surface area contributed by atoms with Crippen LogP contribution in [-0.2, 0) is 15.7 Å². The van der Waals surface area contributed by atoms with Crippen molar-refractivity contribution in [2.45, 2.75) is 11.0 Å². The number of nitrogens with zero attached hydrogens (tertiary/aromatic N) is 1. The Morgan fingerprint density at radius 3 is 2.55 bits per heavy atom. The average molecular weight is 502 g/mol. The van der Waals surface area contributed by atoms with Crippen LogP contribution in [0.25, 0.3) is 11.3 Å². The molecule has 1 amide bonds. The number of hydrogen-bond acceptors (Lipinski definition) is 4. The van der Waals surface area contributed by atoms with Crippen LogP contribution in [0.4, 0.5) is 5.69 Å². The van der Waals surface area contributed by atoms with E-state index in [9.17, 15) is 4.79 Å². The SMILES string of the molecule is O=C(Nc1ccc(CN2CCOCC2)cc1)c1ccc(-c2cccc(CI)c2)o1. The Bertz CT molecular complexity index is 962. The summed E-state index contributed by atoms with van der Waals surface area (Å²) >= 11 is 2.33. The van der Waals surface area contributed by atoms with Crippen molar-refractivity contribution in [3.63, 3.8) is 0 Å². The number of nitrogens with one attached hydrogen (secondary N) is 1. The summed E-state index contributed by atoms with van der Waals surface area (Å²) in [5.41, 5.74) is 4.18. The van der Waals surface area contributed by atoms with Crippen LogP contribution in [0.5, 0.6) is 0 Å². The van der Waals surface area contributed by atoms with Crippen LogP contribution in [-0.4, -0.2) is 37.1 Å². The molecule has 5 nitrogen and oxygen atoms in total. The van der Waals surface area contributed by atoms with Gasteiger partial charge < -0.3 is 14.5 Å². The molecule has 0 unspecified atom stereocenters. The van der Waals surface area contributed by atoms with Crippen molar-refractivity contribution in [2.24, 2.45) is 0 Å². The van der Waals surface area contributed by atoms with E-state index in [1.807, 2.05) is 42.5 Å². The fourth-order valence-corrected chi connectivity index (χ4v) is 3.80. The van der Waals surface area contributed by atoms with Crippen LogP contribution in [0.15, 0.2) is 65.1 Å². The van der Waals surface area contributed by atoms with E-state index in [-0.39, 0.29) is 5.91 Å². The van der Waals surface area contributed by atoms with Gasteiger partial charge in [-0.3, -0.25) is 9.69 Å². The van der Waals surface area contributed by atoms with Crippen LogP contribution >= 0.6 is 22.6 Å². The largest absolute Gasteiger partial charge is 0.451 e. The third-order valence-electron chi connectivity index (χ3n) is 4.92. The monoisotopic (exact) mass is 502 g/mol. The Kier molecular flexibility index (Phi) is 6.63. The van der Waals surface area contributed by atoms with Gasteiger partial charge in [-0.25, -0.2) is 0 Å². The number of anilines is 1. The van der Waals surface area contributed by atoms with Gasteiger partial charge in [0, 0.05) is 35.3 Å². The molecule has 0 aliphatic carbocycles. The molecule has 1 aliphatic rings. The fourth-order valence-electron chi connectivity index (χ4n) is 3.33.